The Morgan fingerprint density at radius 3 is 2.91 bits per heavy atom. The number of hydrogen-bond donors (Lipinski definition) is 2. The third-order valence-corrected chi connectivity index (χ3v) is 8.94. The normalized spacial score (nSPS) is 25.3. The first kappa shape index (κ1) is 21.1. The molecule has 1 aromatic heterocycles. The van der Waals surface area contributed by atoms with Crippen LogP contribution in [0.5, 0.6) is 5.88 Å². The smallest absolute Gasteiger partial charge is 0.354 e. The number of amides is 2. The quantitative estimate of drug-likeness (QED) is 0.716. The van der Waals surface area contributed by atoms with Crippen LogP contribution in [0.1, 0.15) is 54.4 Å². The number of fused-ring (bicyclic) bond motifs is 3. The Kier molecular flexibility index (Phi) is 5.00. The number of carbonyl (C=O) groups excluding carboxylic acids is 1. The molecule has 6 rings (SSSR count). The predicted molar refractivity (Wildman–Crippen MR) is 125 cm³/mol. The number of ether oxygens (including phenoxy) is 1. The molecule has 2 aromatic rings. The first-order valence-electron chi connectivity index (χ1n) is 11.9. The minimum absolute atomic E-state index is 0.177. The second kappa shape index (κ2) is 7.82. The van der Waals surface area contributed by atoms with Crippen molar-refractivity contribution in [1.29, 1.82) is 0 Å². The molecule has 4 aliphatic rings. The number of hydrogen-bond acceptors (Lipinski definition) is 5. The van der Waals surface area contributed by atoms with E-state index in [1.165, 1.54) is 34.9 Å². The molecule has 1 saturated heterocycles. The molecule has 33 heavy (non-hydrogen) atoms. The van der Waals surface area contributed by atoms with E-state index in [0.717, 1.165) is 50.9 Å². The van der Waals surface area contributed by atoms with Gasteiger partial charge in [-0.05, 0) is 79.8 Å². The van der Waals surface area contributed by atoms with E-state index in [-0.39, 0.29) is 10.9 Å². The predicted octanol–water partition coefficient (Wildman–Crippen LogP) is 2.82. The van der Waals surface area contributed by atoms with Crippen LogP contribution in [0.15, 0.2) is 21.5 Å². The zero-order valence-electron chi connectivity index (χ0n) is 18.9. The van der Waals surface area contributed by atoms with Gasteiger partial charge in [0.05, 0.1) is 18.8 Å². The van der Waals surface area contributed by atoms with Gasteiger partial charge in [-0.25, -0.2) is 18.8 Å². The summed E-state index contributed by atoms with van der Waals surface area (Å²) in [6, 6.07) is 1.87. The SMILES string of the molecule is C[C@H]1CCc2cc3c(c(NC(=O)N=[S@@](N)(=O)c4cnn5c4OC[C@@H](N4CCC4)C5)c21)CCC3. The van der Waals surface area contributed by atoms with Crippen LogP contribution in [0.3, 0.4) is 0 Å². The molecule has 2 aliphatic heterocycles. The second-order valence-electron chi connectivity index (χ2n) is 9.70. The van der Waals surface area contributed by atoms with Gasteiger partial charge in [0.1, 0.15) is 11.5 Å². The molecule has 0 saturated carbocycles. The van der Waals surface area contributed by atoms with Gasteiger partial charge in [-0.15, -0.1) is 4.36 Å². The summed E-state index contributed by atoms with van der Waals surface area (Å²) >= 11 is 0. The fourth-order valence-electron chi connectivity index (χ4n) is 5.74. The zero-order chi connectivity index (χ0) is 22.7. The molecule has 3 heterocycles. The van der Waals surface area contributed by atoms with Gasteiger partial charge in [-0.1, -0.05) is 13.0 Å². The average molecular weight is 471 g/mol. The van der Waals surface area contributed by atoms with Gasteiger partial charge >= 0.3 is 6.03 Å². The van der Waals surface area contributed by atoms with Crippen molar-refractivity contribution in [2.75, 3.05) is 25.0 Å². The molecule has 3 N–H and O–H groups in total. The fourth-order valence-corrected chi connectivity index (χ4v) is 6.74. The largest absolute Gasteiger partial charge is 0.475 e. The van der Waals surface area contributed by atoms with Crippen molar-refractivity contribution in [3.05, 3.63) is 34.5 Å². The standard InChI is InChI=1S/C23H30N6O3S/c1-14-6-7-16-10-15-4-2-5-18(15)21(20(14)16)26-23(30)27-33(24,31)19-11-25-29-12-17(13-32-22(19)29)28-8-3-9-28/h10-11,14,17H,2-9,12-13H2,1H3,(H3,24,26,27,30,31)/t14-,17-,33+/m0/s1. The van der Waals surface area contributed by atoms with Gasteiger partial charge in [-0.2, -0.15) is 5.10 Å². The number of carbonyl (C=O) groups is 1. The number of benzene rings is 1. The van der Waals surface area contributed by atoms with Gasteiger partial charge in [0, 0.05) is 5.69 Å². The number of nitrogens with one attached hydrogen (secondary N) is 1. The Morgan fingerprint density at radius 1 is 1.27 bits per heavy atom. The Labute approximate surface area is 194 Å². The molecule has 1 fully saturated rings. The number of aromatic nitrogens is 2. The van der Waals surface area contributed by atoms with Crippen LogP contribution in [0.2, 0.25) is 0 Å². The maximum Gasteiger partial charge on any atom is 0.354 e. The molecule has 0 radical (unpaired) electrons. The van der Waals surface area contributed by atoms with Crippen molar-refractivity contribution in [3.8, 4) is 5.88 Å². The summed E-state index contributed by atoms with van der Waals surface area (Å²) in [5, 5.41) is 13.4. The molecule has 9 nitrogen and oxygen atoms in total. The van der Waals surface area contributed by atoms with Crippen molar-refractivity contribution in [2.24, 2.45) is 9.50 Å². The van der Waals surface area contributed by atoms with Gasteiger partial charge in [0.15, 0.2) is 9.92 Å². The molecule has 3 atom stereocenters. The van der Waals surface area contributed by atoms with Crippen LogP contribution in [0.25, 0.3) is 0 Å². The first-order valence-corrected chi connectivity index (χ1v) is 13.4. The monoisotopic (exact) mass is 470 g/mol. The van der Waals surface area contributed by atoms with Crippen molar-refractivity contribution in [3.63, 3.8) is 0 Å². The lowest BCUT2D eigenvalue weighted by molar-refractivity contribution is 0.0417. The van der Waals surface area contributed by atoms with E-state index in [0.29, 0.717) is 24.9 Å². The highest BCUT2D eigenvalue weighted by atomic mass is 32.2. The first-order chi connectivity index (χ1) is 15.9. The summed E-state index contributed by atoms with van der Waals surface area (Å²) in [5.41, 5.74) is 5.87. The topological polar surface area (TPSA) is 115 Å². The number of anilines is 1. The molecule has 10 heteroatoms. The van der Waals surface area contributed by atoms with Crippen LogP contribution >= 0.6 is 0 Å². The number of nitrogens with zero attached hydrogens (tertiary/aromatic N) is 4. The van der Waals surface area contributed by atoms with Gasteiger partial charge < -0.3 is 10.1 Å². The molecule has 2 amide bonds. The maximum absolute atomic E-state index is 13.3. The van der Waals surface area contributed by atoms with Crippen molar-refractivity contribution in [1.82, 2.24) is 14.7 Å². The van der Waals surface area contributed by atoms with Crippen LogP contribution in [-0.4, -0.2) is 50.7 Å². The lowest BCUT2D eigenvalue weighted by atomic mass is 9.95. The molecule has 176 valence electrons. The third kappa shape index (κ3) is 3.55. The summed E-state index contributed by atoms with van der Waals surface area (Å²) in [4.78, 5) is 15.5. The van der Waals surface area contributed by atoms with Crippen molar-refractivity contribution in [2.45, 2.75) is 68.8 Å². The third-order valence-electron chi connectivity index (χ3n) is 7.59. The lowest BCUT2D eigenvalue weighted by Crippen LogP contribution is -2.51. The summed E-state index contributed by atoms with van der Waals surface area (Å²) in [5.74, 6) is 0.727. The Bertz CT molecular complexity index is 1260. The number of urea groups is 1. The maximum atomic E-state index is 13.3. The Balaban J connectivity index is 1.28. The minimum Gasteiger partial charge on any atom is -0.475 e. The van der Waals surface area contributed by atoms with Crippen LogP contribution in [-0.2, 0) is 35.7 Å². The highest BCUT2D eigenvalue weighted by Crippen LogP contribution is 2.44. The van der Waals surface area contributed by atoms with Crippen LogP contribution < -0.4 is 15.2 Å². The molecule has 0 bridgehead atoms. The number of nitrogens with two attached hydrogens (primary N) is 1. The molecule has 1 aromatic carbocycles. The van der Waals surface area contributed by atoms with Crippen LogP contribution in [0.4, 0.5) is 10.5 Å². The van der Waals surface area contributed by atoms with Gasteiger partial charge in [-0.3, -0.25) is 4.90 Å². The highest BCUT2D eigenvalue weighted by molar-refractivity contribution is 7.91. The van der Waals surface area contributed by atoms with E-state index >= 15 is 0 Å². The summed E-state index contributed by atoms with van der Waals surface area (Å²) in [6.07, 6.45) is 7.77. The van der Waals surface area contributed by atoms with Crippen molar-refractivity contribution < 1.29 is 13.7 Å². The van der Waals surface area contributed by atoms with Crippen LogP contribution in [0, 0.1) is 0 Å². The van der Waals surface area contributed by atoms with E-state index in [4.69, 9.17) is 9.88 Å². The second-order valence-corrected chi connectivity index (χ2v) is 11.5. The summed E-state index contributed by atoms with van der Waals surface area (Å²) in [6.45, 7) is 5.45. The Hall–Kier alpha value is -2.43. The number of aryl methyl sites for hydroxylation is 2. The zero-order valence-corrected chi connectivity index (χ0v) is 19.7. The fraction of sp³-hybridized carbons (Fsp3) is 0.565. The van der Waals surface area contributed by atoms with E-state index in [9.17, 15) is 9.00 Å². The van der Waals surface area contributed by atoms with E-state index in [1.54, 1.807) is 4.68 Å². The molecular weight excluding hydrogens is 440 g/mol. The molecule has 0 spiro atoms. The lowest BCUT2D eigenvalue weighted by Gasteiger charge is -2.40. The number of likely N-dealkylation sites (tertiary alicyclic amines) is 1. The van der Waals surface area contributed by atoms with Gasteiger partial charge in [0.2, 0.25) is 5.88 Å². The molecule has 0 unspecified atom stereocenters. The summed E-state index contributed by atoms with van der Waals surface area (Å²) < 4.78 is 24.8. The van der Waals surface area contributed by atoms with E-state index in [1.807, 2.05) is 0 Å². The number of rotatable bonds is 3. The Morgan fingerprint density at radius 2 is 2.12 bits per heavy atom. The molecular formula is C23H30N6O3S. The van der Waals surface area contributed by atoms with E-state index < -0.39 is 15.9 Å². The molecule has 2 aliphatic carbocycles. The average Bonchev–Trinajstić information content (AvgIpc) is 3.44. The van der Waals surface area contributed by atoms with Crippen molar-refractivity contribution >= 4 is 21.6 Å². The minimum atomic E-state index is -3.51. The van der Waals surface area contributed by atoms with E-state index in [2.05, 4.69) is 32.7 Å². The van der Waals surface area contributed by atoms with Gasteiger partial charge in [0.25, 0.3) is 0 Å². The highest BCUT2D eigenvalue weighted by Gasteiger charge is 2.33. The summed E-state index contributed by atoms with van der Waals surface area (Å²) in [7, 11) is -3.51.